The lowest BCUT2D eigenvalue weighted by atomic mass is 10.1. The zero-order valence-corrected chi connectivity index (χ0v) is 19.2. The van der Waals surface area contributed by atoms with Crippen molar-refractivity contribution in [3.63, 3.8) is 0 Å². The fraction of sp³-hybridized carbons (Fsp3) is 0.455. The molecule has 0 amide bonds. The fourth-order valence-corrected chi connectivity index (χ4v) is 3.83. The highest BCUT2D eigenvalue weighted by Gasteiger charge is 2.25. The van der Waals surface area contributed by atoms with E-state index < -0.39 is 0 Å². The van der Waals surface area contributed by atoms with Crippen molar-refractivity contribution in [3.8, 4) is 17.2 Å². The average Bonchev–Trinajstić information content (AvgIpc) is 3.25. The van der Waals surface area contributed by atoms with E-state index in [1.54, 1.807) is 27.5 Å². The van der Waals surface area contributed by atoms with Crippen LogP contribution in [0.4, 0.5) is 5.82 Å². The molecular formula is C22H30ClN5O3. The van der Waals surface area contributed by atoms with Crippen molar-refractivity contribution < 1.29 is 14.2 Å². The molecule has 0 saturated carbocycles. The van der Waals surface area contributed by atoms with Gasteiger partial charge in [0.2, 0.25) is 0 Å². The summed E-state index contributed by atoms with van der Waals surface area (Å²) in [7, 11) is 4.86. The molecule has 1 atom stereocenters. The largest absolute Gasteiger partial charge is 0.496 e. The molecule has 9 heteroatoms. The minimum atomic E-state index is 0.232. The number of hydrogen-bond acceptors (Lipinski definition) is 6. The highest BCUT2D eigenvalue weighted by molar-refractivity contribution is 6.32. The van der Waals surface area contributed by atoms with E-state index in [-0.39, 0.29) is 6.04 Å². The van der Waals surface area contributed by atoms with Crippen molar-refractivity contribution >= 4 is 23.4 Å². The third kappa shape index (κ3) is 5.64. The summed E-state index contributed by atoms with van der Waals surface area (Å²) in [6.07, 6.45) is 2.73. The minimum absolute atomic E-state index is 0.232. The van der Waals surface area contributed by atoms with Gasteiger partial charge in [0.1, 0.15) is 23.1 Å². The molecule has 168 valence electrons. The summed E-state index contributed by atoms with van der Waals surface area (Å²) in [5.74, 6) is 3.58. The second kappa shape index (κ2) is 10.9. The summed E-state index contributed by atoms with van der Waals surface area (Å²) in [6, 6.07) is 7.61. The zero-order valence-electron chi connectivity index (χ0n) is 18.4. The van der Waals surface area contributed by atoms with E-state index in [4.69, 9.17) is 30.8 Å². The Kier molecular flexibility index (Phi) is 8.06. The third-order valence-electron chi connectivity index (χ3n) is 5.12. The summed E-state index contributed by atoms with van der Waals surface area (Å²) < 4.78 is 16.4. The van der Waals surface area contributed by atoms with Crippen LogP contribution < -0.4 is 29.7 Å². The SMILES string of the molecule is CCNC(=NCc1c(OC)cc(OC)cc1OC)NC1CCN(c2ncccc2Cl)C1. The van der Waals surface area contributed by atoms with Crippen molar-refractivity contribution in [1.82, 2.24) is 15.6 Å². The summed E-state index contributed by atoms with van der Waals surface area (Å²) in [6.45, 7) is 4.88. The molecule has 1 fully saturated rings. The van der Waals surface area contributed by atoms with E-state index in [0.717, 1.165) is 43.4 Å². The van der Waals surface area contributed by atoms with Gasteiger partial charge in [0.15, 0.2) is 5.96 Å². The highest BCUT2D eigenvalue weighted by atomic mass is 35.5. The van der Waals surface area contributed by atoms with Crippen LogP contribution in [-0.4, -0.2) is 57.9 Å². The van der Waals surface area contributed by atoms with Gasteiger partial charge in [-0.05, 0) is 25.5 Å². The lowest BCUT2D eigenvalue weighted by molar-refractivity contribution is 0.369. The lowest BCUT2D eigenvalue weighted by Crippen LogP contribution is -2.44. The van der Waals surface area contributed by atoms with E-state index >= 15 is 0 Å². The van der Waals surface area contributed by atoms with Crippen LogP contribution >= 0.6 is 11.6 Å². The topological polar surface area (TPSA) is 80.2 Å². The number of anilines is 1. The molecule has 1 unspecified atom stereocenters. The first-order valence-corrected chi connectivity index (χ1v) is 10.7. The highest BCUT2D eigenvalue weighted by Crippen LogP contribution is 2.34. The number of pyridine rings is 1. The maximum atomic E-state index is 6.31. The smallest absolute Gasteiger partial charge is 0.191 e. The molecule has 2 N–H and O–H groups in total. The molecule has 2 heterocycles. The van der Waals surface area contributed by atoms with E-state index in [2.05, 4.69) is 20.5 Å². The molecule has 1 aliphatic heterocycles. The van der Waals surface area contributed by atoms with Gasteiger partial charge in [0.25, 0.3) is 0 Å². The van der Waals surface area contributed by atoms with Crippen molar-refractivity contribution in [1.29, 1.82) is 0 Å². The van der Waals surface area contributed by atoms with Crippen LogP contribution in [0.15, 0.2) is 35.5 Å². The molecule has 2 aromatic rings. The van der Waals surface area contributed by atoms with E-state index in [9.17, 15) is 0 Å². The van der Waals surface area contributed by atoms with Crippen molar-refractivity contribution in [2.75, 3.05) is 45.9 Å². The van der Waals surface area contributed by atoms with E-state index in [1.165, 1.54) is 0 Å². The minimum Gasteiger partial charge on any atom is -0.496 e. The Morgan fingerprint density at radius 1 is 1.23 bits per heavy atom. The Balaban J connectivity index is 1.72. The summed E-state index contributed by atoms with van der Waals surface area (Å²) in [5, 5.41) is 7.51. The molecule has 1 aromatic heterocycles. The molecule has 1 aliphatic rings. The molecule has 31 heavy (non-hydrogen) atoms. The molecule has 0 spiro atoms. The monoisotopic (exact) mass is 447 g/mol. The quantitative estimate of drug-likeness (QED) is 0.475. The van der Waals surface area contributed by atoms with Crippen LogP contribution in [0.1, 0.15) is 18.9 Å². The fourth-order valence-electron chi connectivity index (χ4n) is 3.59. The van der Waals surface area contributed by atoms with E-state index in [0.29, 0.717) is 28.8 Å². The van der Waals surface area contributed by atoms with Crippen LogP contribution in [0.25, 0.3) is 0 Å². The average molecular weight is 448 g/mol. The Morgan fingerprint density at radius 2 is 1.97 bits per heavy atom. The summed E-state index contributed by atoms with van der Waals surface area (Å²) >= 11 is 6.31. The van der Waals surface area contributed by atoms with Gasteiger partial charge in [0.05, 0.1) is 38.5 Å². The normalized spacial score (nSPS) is 16.2. The number of ether oxygens (including phenoxy) is 3. The molecule has 0 aliphatic carbocycles. The number of halogens is 1. The standard InChI is InChI=1S/C22H30ClN5O3/c1-5-24-22(26-13-17-19(30-3)11-16(29-2)12-20(17)31-4)27-15-8-10-28(14-15)21-18(23)7-6-9-25-21/h6-7,9,11-12,15H,5,8,10,13-14H2,1-4H3,(H2,24,26,27). The maximum Gasteiger partial charge on any atom is 0.191 e. The van der Waals surface area contributed by atoms with Crippen LogP contribution in [0.3, 0.4) is 0 Å². The molecular weight excluding hydrogens is 418 g/mol. The van der Waals surface area contributed by atoms with Gasteiger partial charge in [-0.3, -0.25) is 0 Å². The summed E-state index contributed by atoms with van der Waals surface area (Å²) in [4.78, 5) is 11.4. The number of aliphatic imine (C=N–C) groups is 1. The van der Waals surface area contributed by atoms with Crippen LogP contribution in [-0.2, 0) is 6.54 Å². The Hall–Kier alpha value is -2.87. The van der Waals surface area contributed by atoms with Gasteiger partial charge in [-0.25, -0.2) is 9.98 Å². The van der Waals surface area contributed by atoms with Crippen LogP contribution in [0.2, 0.25) is 5.02 Å². The predicted molar refractivity (Wildman–Crippen MR) is 124 cm³/mol. The number of hydrogen-bond donors (Lipinski definition) is 2. The first-order chi connectivity index (χ1) is 15.1. The molecule has 1 saturated heterocycles. The molecule has 0 bridgehead atoms. The second-order valence-electron chi connectivity index (χ2n) is 7.09. The lowest BCUT2D eigenvalue weighted by Gasteiger charge is -2.20. The van der Waals surface area contributed by atoms with Gasteiger partial charge >= 0.3 is 0 Å². The van der Waals surface area contributed by atoms with Gasteiger partial charge in [0, 0.05) is 44.0 Å². The molecule has 1 aromatic carbocycles. The number of benzene rings is 1. The number of aromatic nitrogens is 1. The number of guanidine groups is 1. The molecule has 0 radical (unpaired) electrons. The number of methoxy groups -OCH3 is 3. The van der Waals surface area contributed by atoms with Gasteiger partial charge in [-0.1, -0.05) is 11.6 Å². The summed E-state index contributed by atoms with van der Waals surface area (Å²) in [5.41, 5.74) is 0.858. The van der Waals surface area contributed by atoms with Crippen molar-refractivity contribution in [3.05, 3.63) is 41.0 Å². The first kappa shape index (κ1) is 22.8. The Bertz CT molecular complexity index is 883. The predicted octanol–water partition coefficient (Wildman–Crippen LogP) is 3.09. The Morgan fingerprint density at radius 3 is 2.58 bits per heavy atom. The third-order valence-corrected chi connectivity index (χ3v) is 5.42. The Labute approximate surface area is 188 Å². The van der Waals surface area contributed by atoms with Crippen LogP contribution in [0, 0.1) is 0 Å². The van der Waals surface area contributed by atoms with Crippen molar-refractivity contribution in [2.24, 2.45) is 4.99 Å². The van der Waals surface area contributed by atoms with Crippen LogP contribution in [0.5, 0.6) is 17.2 Å². The van der Waals surface area contributed by atoms with Crippen molar-refractivity contribution in [2.45, 2.75) is 25.9 Å². The maximum absolute atomic E-state index is 6.31. The van der Waals surface area contributed by atoms with Gasteiger partial charge in [-0.15, -0.1) is 0 Å². The van der Waals surface area contributed by atoms with Gasteiger partial charge < -0.3 is 29.7 Å². The van der Waals surface area contributed by atoms with E-state index in [1.807, 2.05) is 31.2 Å². The number of rotatable bonds is 8. The molecule has 3 rings (SSSR count). The van der Waals surface area contributed by atoms with Gasteiger partial charge in [-0.2, -0.15) is 0 Å². The number of nitrogens with zero attached hydrogens (tertiary/aromatic N) is 3. The molecule has 8 nitrogen and oxygen atoms in total. The zero-order chi connectivity index (χ0) is 22.2. The number of nitrogens with one attached hydrogen (secondary N) is 2. The second-order valence-corrected chi connectivity index (χ2v) is 7.50. The first-order valence-electron chi connectivity index (χ1n) is 10.3.